The van der Waals surface area contributed by atoms with Crippen LogP contribution in [-0.4, -0.2) is 49.2 Å². The number of likely N-dealkylation sites (tertiary alicyclic amines) is 1. The van der Waals surface area contributed by atoms with Crippen LogP contribution in [0.1, 0.15) is 5.76 Å². The van der Waals surface area contributed by atoms with Gasteiger partial charge in [0.05, 0.1) is 51.5 Å². The highest BCUT2D eigenvalue weighted by Crippen LogP contribution is 2.52. The summed E-state index contributed by atoms with van der Waals surface area (Å²) in [6.45, 7) is 0.758. The van der Waals surface area contributed by atoms with Crippen molar-refractivity contribution in [3.63, 3.8) is 0 Å². The normalized spacial score (nSPS) is 28.7. The van der Waals surface area contributed by atoms with Gasteiger partial charge in [-0.15, -0.1) is 0 Å². The molecule has 1 aromatic carbocycles. The summed E-state index contributed by atoms with van der Waals surface area (Å²) in [6.07, 6.45) is 4.98. The van der Waals surface area contributed by atoms with Gasteiger partial charge >= 0.3 is 0 Å². The van der Waals surface area contributed by atoms with Crippen LogP contribution in [-0.2, 0) is 20.9 Å². The maximum Gasteiger partial charge on any atom is 0.231 e. The fourth-order valence-electron chi connectivity index (χ4n) is 4.71. The molecule has 1 spiro atoms. The van der Waals surface area contributed by atoms with E-state index in [4.69, 9.17) is 18.6 Å². The fourth-order valence-corrected chi connectivity index (χ4v) is 4.71. The lowest BCUT2D eigenvalue weighted by Crippen LogP contribution is -2.41. The number of anilines is 1. The van der Waals surface area contributed by atoms with Gasteiger partial charge in [0.25, 0.3) is 0 Å². The second kappa shape index (κ2) is 6.91. The average Bonchev–Trinajstić information content (AvgIpc) is 3.51. The van der Waals surface area contributed by atoms with E-state index >= 15 is 0 Å². The van der Waals surface area contributed by atoms with E-state index in [1.54, 1.807) is 49.6 Å². The highest BCUT2D eigenvalue weighted by Gasteiger charge is 2.66. The van der Waals surface area contributed by atoms with E-state index in [-0.39, 0.29) is 11.8 Å². The lowest BCUT2D eigenvalue weighted by atomic mass is 9.77. The molecule has 2 aromatic rings. The van der Waals surface area contributed by atoms with Gasteiger partial charge in [0.15, 0.2) is 0 Å². The number of carbonyl (C=O) groups excluding carboxylic acids is 2. The number of methoxy groups -OCH3 is 2. The summed E-state index contributed by atoms with van der Waals surface area (Å²) < 4.78 is 22.1. The maximum absolute atomic E-state index is 13.2. The van der Waals surface area contributed by atoms with Crippen LogP contribution >= 0.6 is 0 Å². The second-order valence-electron chi connectivity index (χ2n) is 7.76. The molecule has 4 atom stereocenters. The topological polar surface area (TPSA) is 90.2 Å². The predicted octanol–water partition coefficient (Wildman–Crippen LogP) is 2.22. The Hall–Kier alpha value is -3.26. The smallest absolute Gasteiger partial charge is 0.231 e. The number of rotatable bonds is 6. The molecule has 2 amide bonds. The quantitative estimate of drug-likeness (QED) is 0.735. The number of nitrogens with one attached hydrogen (secondary N) is 1. The molecule has 2 fully saturated rings. The largest absolute Gasteiger partial charge is 0.497 e. The number of amides is 2. The molecule has 30 heavy (non-hydrogen) atoms. The Morgan fingerprint density at radius 1 is 1.27 bits per heavy atom. The molecule has 1 N–H and O–H groups in total. The van der Waals surface area contributed by atoms with Crippen molar-refractivity contribution in [2.75, 3.05) is 26.1 Å². The van der Waals surface area contributed by atoms with Gasteiger partial charge in [-0.2, -0.15) is 0 Å². The lowest BCUT2D eigenvalue weighted by Gasteiger charge is -2.23. The minimum Gasteiger partial charge on any atom is -0.497 e. The molecule has 4 heterocycles. The second-order valence-corrected chi connectivity index (χ2v) is 7.76. The molecule has 3 unspecified atom stereocenters. The molecule has 2 saturated heterocycles. The molecular formula is C22H22N2O6. The molecule has 3 aliphatic rings. The first-order valence-corrected chi connectivity index (χ1v) is 9.75. The summed E-state index contributed by atoms with van der Waals surface area (Å²) in [5, 5.41) is 2.91. The first-order chi connectivity index (χ1) is 14.5. The summed E-state index contributed by atoms with van der Waals surface area (Å²) in [5.41, 5.74) is -0.225. The molecular weight excluding hydrogens is 388 g/mol. The number of benzene rings is 1. The molecule has 3 aliphatic heterocycles. The molecule has 1 aromatic heterocycles. The van der Waals surface area contributed by atoms with Crippen molar-refractivity contribution >= 4 is 17.5 Å². The minimum atomic E-state index is -0.761. The zero-order chi connectivity index (χ0) is 20.9. The number of carbonyl (C=O) groups is 2. The third-order valence-electron chi connectivity index (χ3n) is 6.03. The monoisotopic (exact) mass is 410 g/mol. The van der Waals surface area contributed by atoms with Gasteiger partial charge in [-0.05, 0) is 12.1 Å². The Balaban J connectivity index is 1.38. The third-order valence-corrected chi connectivity index (χ3v) is 6.03. The van der Waals surface area contributed by atoms with E-state index in [1.807, 2.05) is 18.2 Å². The lowest BCUT2D eigenvalue weighted by molar-refractivity contribution is -0.136. The van der Waals surface area contributed by atoms with Crippen molar-refractivity contribution in [3.8, 4) is 11.5 Å². The molecule has 5 rings (SSSR count). The minimum absolute atomic E-state index is 0.0957. The van der Waals surface area contributed by atoms with E-state index in [1.165, 1.54) is 0 Å². The zero-order valence-electron chi connectivity index (χ0n) is 16.7. The summed E-state index contributed by atoms with van der Waals surface area (Å²) in [6, 6.07) is 8.75. The summed E-state index contributed by atoms with van der Waals surface area (Å²) in [7, 11) is 3.09. The van der Waals surface area contributed by atoms with Crippen molar-refractivity contribution in [2.45, 2.75) is 18.2 Å². The number of hydrogen-bond donors (Lipinski definition) is 1. The number of ether oxygens (including phenoxy) is 3. The van der Waals surface area contributed by atoms with Crippen LogP contribution < -0.4 is 14.8 Å². The van der Waals surface area contributed by atoms with Gasteiger partial charge in [-0.25, -0.2) is 0 Å². The number of nitrogens with zero attached hydrogens (tertiary/aromatic N) is 1. The van der Waals surface area contributed by atoms with Gasteiger partial charge < -0.3 is 28.8 Å². The standard InChI is InChI=1S/C22H22N2O6/c1-27-15-8-13(9-16(10-15)28-2)23-20(25)18-17-5-6-22(30-17)12-24(21(26)19(18)22)11-14-4-3-7-29-14/h3-10,17-19H,11-12H2,1-2H3,(H,23,25)/t17?,18?,19?,22-/m0/s1. The SMILES string of the molecule is COc1cc(NC(=O)C2C3C=C[C@@]4(CN(Cc5ccco5)C(=O)C24)O3)cc(OC)c1. The Bertz CT molecular complexity index is 994. The number of furan rings is 1. The van der Waals surface area contributed by atoms with E-state index in [9.17, 15) is 9.59 Å². The van der Waals surface area contributed by atoms with Crippen LogP contribution in [0.2, 0.25) is 0 Å². The van der Waals surface area contributed by atoms with Crippen molar-refractivity contribution in [3.05, 3.63) is 54.5 Å². The van der Waals surface area contributed by atoms with E-state index in [0.717, 1.165) is 0 Å². The Morgan fingerprint density at radius 3 is 2.70 bits per heavy atom. The Kier molecular flexibility index (Phi) is 4.32. The average molecular weight is 410 g/mol. The predicted molar refractivity (Wildman–Crippen MR) is 106 cm³/mol. The van der Waals surface area contributed by atoms with Crippen LogP contribution in [0.25, 0.3) is 0 Å². The Labute approximate surface area is 173 Å². The van der Waals surface area contributed by atoms with Crippen LogP contribution in [0.5, 0.6) is 11.5 Å². The molecule has 0 saturated carbocycles. The molecule has 156 valence electrons. The highest BCUT2D eigenvalue weighted by molar-refractivity contribution is 5.99. The van der Waals surface area contributed by atoms with Crippen LogP contribution in [0, 0.1) is 11.8 Å². The van der Waals surface area contributed by atoms with Gasteiger partial charge in [0.2, 0.25) is 11.8 Å². The van der Waals surface area contributed by atoms with E-state index in [2.05, 4.69) is 5.32 Å². The van der Waals surface area contributed by atoms with Crippen LogP contribution in [0.3, 0.4) is 0 Å². The fraction of sp³-hybridized carbons (Fsp3) is 0.364. The molecule has 8 nitrogen and oxygen atoms in total. The molecule has 0 radical (unpaired) electrons. The van der Waals surface area contributed by atoms with Crippen molar-refractivity contribution in [1.82, 2.24) is 4.90 Å². The van der Waals surface area contributed by atoms with Crippen LogP contribution in [0.4, 0.5) is 5.69 Å². The molecule has 8 heteroatoms. The third kappa shape index (κ3) is 2.87. The van der Waals surface area contributed by atoms with Gasteiger partial charge in [-0.3, -0.25) is 9.59 Å². The van der Waals surface area contributed by atoms with Crippen LogP contribution in [0.15, 0.2) is 53.2 Å². The first-order valence-electron chi connectivity index (χ1n) is 9.75. The number of fused-ring (bicyclic) bond motifs is 1. The summed E-state index contributed by atoms with van der Waals surface area (Å²) >= 11 is 0. The van der Waals surface area contributed by atoms with Crippen molar-refractivity contribution in [1.29, 1.82) is 0 Å². The van der Waals surface area contributed by atoms with Gasteiger partial charge in [-0.1, -0.05) is 12.2 Å². The highest BCUT2D eigenvalue weighted by atomic mass is 16.5. The number of hydrogen-bond acceptors (Lipinski definition) is 6. The van der Waals surface area contributed by atoms with Crippen molar-refractivity contribution in [2.24, 2.45) is 11.8 Å². The van der Waals surface area contributed by atoms with Gasteiger partial charge in [0.1, 0.15) is 22.9 Å². The van der Waals surface area contributed by atoms with Gasteiger partial charge in [0, 0.05) is 23.9 Å². The van der Waals surface area contributed by atoms with Crippen molar-refractivity contribution < 1.29 is 28.2 Å². The maximum atomic E-state index is 13.2. The summed E-state index contributed by atoms with van der Waals surface area (Å²) in [5.74, 6) is 0.291. The molecule has 2 bridgehead atoms. The Morgan fingerprint density at radius 2 is 2.03 bits per heavy atom. The molecule has 0 aliphatic carbocycles. The van der Waals surface area contributed by atoms with E-state index < -0.39 is 23.5 Å². The van der Waals surface area contributed by atoms with E-state index in [0.29, 0.717) is 36.0 Å². The zero-order valence-corrected chi connectivity index (χ0v) is 16.7. The first kappa shape index (κ1) is 18.7. The summed E-state index contributed by atoms with van der Waals surface area (Å²) in [4.78, 5) is 28.1.